The van der Waals surface area contributed by atoms with Gasteiger partial charge in [0.25, 0.3) is 5.91 Å². The standard InChI is InChI=1S/C20H19N3O3S/c1-11-7-12(2)19-16(8-11)27-20(23-19)22-18(25)10-26-14-4-5-15-13(9-14)3-6-17(24)21-15/h4-5,7-9H,3,6,10H2,1-2H3,(H,21,24)(H,22,23,25). The van der Waals surface area contributed by atoms with E-state index in [9.17, 15) is 9.59 Å². The first kappa shape index (κ1) is 17.5. The molecule has 2 amide bonds. The van der Waals surface area contributed by atoms with Crippen LogP contribution in [0.25, 0.3) is 10.2 Å². The Hall–Kier alpha value is -2.93. The highest BCUT2D eigenvalue weighted by atomic mass is 32.1. The quantitative estimate of drug-likeness (QED) is 0.720. The average Bonchev–Trinajstić information content (AvgIpc) is 3.02. The summed E-state index contributed by atoms with van der Waals surface area (Å²) in [7, 11) is 0. The number of amides is 2. The van der Waals surface area contributed by atoms with E-state index in [0.29, 0.717) is 23.7 Å². The van der Waals surface area contributed by atoms with Crippen LogP contribution in [-0.4, -0.2) is 23.4 Å². The molecule has 1 aliphatic rings. The number of ether oxygens (including phenoxy) is 1. The van der Waals surface area contributed by atoms with Crippen molar-refractivity contribution in [2.75, 3.05) is 17.2 Å². The Bertz CT molecular complexity index is 1060. The van der Waals surface area contributed by atoms with E-state index in [4.69, 9.17) is 4.74 Å². The first-order valence-electron chi connectivity index (χ1n) is 8.71. The second-order valence-electron chi connectivity index (χ2n) is 6.65. The predicted octanol–water partition coefficient (Wildman–Crippen LogP) is 3.82. The van der Waals surface area contributed by atoms with E-state index in [-0.39, 0.29) is 18.4 Å². The van der Waals surface area contributed by atoms with Crippen LogP contribution in [0.3, 0.4) is 0 Å². The minimum absolute atomic E-state index is 0.0248. The number of nitrogens with zero attached hydrogens (tertiary/aromatic N) is 1. The first-order valence-corrected chi connectivity index (χ1v) is 9.53. The second-order valence-corrected chi connectivity index (χ2v) is 7.68. The molecule has 0 saturated heterocycles. The lowest BCUT2D eigenvalue weighted by molar-refractivity contribution is -0.118. The predicted molar refractivity (Wildman–Crippen MR) is 107 cm³/mol. The van der Waals surface area contributed by atoms with Crippen molar-refractivity contribution in [2.45, 2.75) is 26.7 Å². The van der Waals surface area contributed by atoms with Crippen LogP contribution in [-0.2, 0) is 16.0 Å². The molecule has 6 nitrogen and oxygen atoms in total. The van der Waals surface area contributed by atoms with Gasteiger partial charge in [-0.2, -0.15) is 0 Å². The van der Waals surface area contributed by atoms with E-state index < -0.39 is 0 Å². The fourth-order valence-electron chi connectivity index (χ4n) is 3.18. The molecule has 2 aromatic carbocycles. The molecule has 27 heavy (non-hydrogen) atoms. The molecule has 0 radical (unpaired) electrons. The number of carbonyl (C=O) groups is 2. The van der Waals surface area contributed by atoms with Gasteiger partial charge in [0, 0.05) is 12.1 Å². The van der Waals surface area contributed by atoms with E-state index in [0.717, 1.165) is 27.0 Å². The van der Waals surface area contributed by atoms with Crippen molar-refractivity contribution in [2.24, 2.45) is 0 Å². The van der Waals surface area contributed by atoms with E-state index >= 15 is 0 Å². The third kappa shape index (κ3) is 3.78. The number of nitrogens with one attached hydrogen (secondary N) is 2. The van der Waals surface area contributed by atoms with Crippen LogP contribution < -0.4 is 15.4 Å². The minimum atomic E-state index is -0.255. The zero-order valence-electron chi connectivity index (χ0n) is 15.1. The number of thiazole rings is 1. The number of hydrogen-bond donors (Lipinski definition) is 2. The molecule has 0 spiro atoms. The number of aromatic nitrogens is 1. The molecule has 138 valence electrons. The second kappa shape index (κ2) is 7.00. The van der Waals surface area contributed by atoms with Gasteiger partial charge < -0.3 is 10.1 Å². The van der Waals surface area contributed by atoms with Crippen molar-refractivity contribution in [1.29, 1.82) is 0 Å². The van der Waals surface area contributed by atoms with Crippen molar-refractivity contribution >= 4 is 44.2 Å². The van der Waals surface area contributed by atoms with Crippen LogP contribution in [0, 0.1) is 13.8 Å². The van der Waals surface area contributed by atoms with Gasteiger partial charge in [0.05, 0.1) is 10.2 Å². The topological polar surface area (TPSA) is 80.3 Å². The smallest absolute Gasteiger partial charge is 0.264 e. The molecule has 0 fully saturated rings. The maximum Gasteiger partial charge on any atom is 0.264 e. The Kier molecular flexibility index (Phi) is 4.53. The summed E-state index contributed by atoms with van der Waals surface area (Å²) >= 11 is 1.46. The molecule has 1 aliphatic heterocycles. The fourth-order valence-corrected chi connectivity index (χ4v) is 4.24. The SMILES string of the molecule is Cc1cc(C)c2nc(NC(=O)COc3ccc4c(c3)CCC(=O)N4)sc2c1. The highest BCUT2D eigenvalue weighted by Gasteiger charge is 2.16. The molecule has 1 aromatic heterocycles. The Morgan fingerprint density at radius 2 is 2.11 bits per heavy atom. The van der Waals surface area contributed by atoms with Crippen molar-refractivity contribution < 1.29 is 14.3 Å². The van der Waals surface area contributed by atoms with Gasteiger partial charge >= 0.3 is 0 Å². The summed E-state index contributed by atoms with van der Waals surface area (Å²) in [4.78, 5) is 28.1. The summed E-state index contributed by atoms with van der Waals surface area (Å²) in [6.45, 7) is 3.96. The summed E-state index contributed by atoms with van der Waals surface area (Å²) in [5.74, 6) is 0.377. The summed E-state index contributed by atoms with van der Waals surface area (Å²) in [5, 5.41) is 6.20. The zero-order valence-corrected chi connectivity index (χ0v) is 15.9. The van der Waals surface area contributed by atoms with Crippen molar-refractivity contribution in [3.63, 3.8) is 0 Å². The van der Waals surface area contributed by atoms with E-state index in [1.54, 1.807) is 12.1 Å². The van der Waals surface area contributed by atoms with Crippen molar-refractivity contribution in [3.05, 3.63) is 47.0 Å². The number of carbonyl (C=O) groups excluding carboxylic acids is 2. The molecule has 0 atom stereocenters. The number of anilines is 2. The lowest BCUT2D eigenvalue weighted by Crippen LogP contribution is -2.21. The molecule has 2 heterocycles. The molecular formula is C20H19N3O3S. The lowest BCUT2D eigenvalue weighted by Gasteiger charge is -2.17. The molecule has 0 saturated carbocycles. The van der Waals surface area contributed by atoms with Crippen LogP contribution in [0.5, 0.6) is 5.75 Å². The van der Waals surface area contributed by atoms with Gasteiger partial charge in [-0.25, -0.2) is 4.98 Å². The molecule has 0 aliphatic carbocycles. The van der Waals surface area contributed by atoms with Gasteiger partial charge in [0.2, 0.25) is 5.91 Å². The summed E-state index contributed by atoms with van der Waals surface area (Å²) in [6, 6.07) is 9.57. The maximum absolute atomic E-state index is 12.2. The third-order valence-corrected chi connectivity index (χ3v) is 5.34. The molecular weight excluding hydrogens is 362 g/mol. The number of hydrogen-bond acceptors (Lipinski definition) is 5. The summed E-state index contributed by atoms with van der Waals surface area (Å²) in [5.41, 5.74) is 5.01. The fraction of sp³-hybridized carbons (Fsp3) is 0.250. The van der Waals surface area contributed by atoms with Gasteiger partial charge in [0.15, 0.2) is 11.7 Å². The van der Waals surface area contributed by atoms with E-state index in [2.05, 4.69) is 27.8 Å². The summed E-state index contributed by atoms with van der Waals surface area (Å²) in [6.07, 6.45) is 1.14. The zero-order chi connectivity index (χ0) is 19.0. The molecule has 0 unspecified atom stereocenters. The molecule has 0 bridgehead atoms. The van der Waals surface area contributed by atoms with E-state index in [1.165, 1.54) is 16.9 Å². The number of fused-ring (bicyclic) bond motifs is 2. The molecule has 7 heteroatoms. The first-order chi connectivity index (χ1) is 13.0. The van der Waals surface area contributed by atoms with Crippen LogP contribution >= 0.6 is 11.3 Å². The number of benzene rings is 2. The van der Waals surface area contributed by atoms with Crippen LogP contribution in [0.4, 0.5) is 10.8 Å². The molecule has 4 rings (SSSR count). The highest BCUT2D eigenvalue weighted by Crippen LogP contribution is 2.29. The normalized spacial score (nSPS) is 13.2. The van der Waals surface area contributed by atoms with Gasteiger partial charge in [-0.1, -0.05) is 17.4 Å². The minimum Gasteiger partial charge on any atom is -0.484 e. The molecule has 3 aromatic rings. The van der Waals surface area contributed by atoms with Crippen molar-refractivity contribution in [3.8, 4) is 5.75 Å². The van der Waals surface area contributed by atoms with Crippen LogP contribution in [0.2, 0.25) is 0 Å². The highest BCUT2D eigenvalue weighted by molar-refractivity contribution is 7.22. The number of aryl methyl sites for hydroxylation is 3. The Balaban J connectivity index is 1.40. The van der Waals surface area contributed by atoms with Crippen LogP contribution in [0.15, 0.2) is 30.3 Å². The Morgan fingerprint density at radius 1 is 1.26 bits per heavy atom. The van der Waals surface area contributed by atoms with E-state index in [1.807, 2.05) is 19.9 Å². The average molecular weight is 381 g/mol. The third-order valence-electron chi connectivity index (χ3n) is 4.42. The van der Waals surface area contributed by atoms with Gasteiger partial charge in [-0.15, -0.1) is 0 Å². The van der Waals surface area contributed by atoms with Gasteiger partial charge in [-0.3, -0.25) is 14.9 Å². The maximum atomic E-state index is 12.2. The van der Waals surface area contributed by atoms with Gasteiger partial charge in [0.1, 0.15) is 5.75 Å². The number of rotatable bonds is 4. The lowest BCUT2D eigenvalue weighted by atomic mass is 10.0. The summed E-state index contributed by atoms with van der Waals surface area (Å²) < 4.78 is 6.66. The monoisotopic (exact) mass is 381 g/mol. The van der Waals surface area contributed by atoms with Gasteiger partial charge in [-0.05, 0) is 61.2 Å². The largest absolute Gasteiger partial charge is 0.484 e. The Morgan fingerprint density at radius 3 is 2.96 bits per heavy atom. The van der Waals surface area contributed by atoms with Crippen molar-refractivity contribution in [1.82, 2.24) is 4.98 Å². The molecule has 2 N–H and O–H groups in total. The van der Waals surface area contributed by atoms with Crippen LogP contribution in [0.1, 0.15) is 23.1 Å². The Labute approximate surface area is 160 Å².